The molecule has 1 aliphatic rings. The molecule has 0 atom stereocenters. The molecule has 7 heteroatoms. The Bertz CT molecular complexity index is 655. The van der Waals surface area contributed by atoms with Gasteiger partial charge in [-0.1, -0.05) is 30.3 Å². The number of amides is 2. The molecule has 0 radical (unpaired) electrons. The van der Waals surface area contributed by atoms with Crippen molar-refractivity contribution in [3.05, 3.63) is 30.3 Å². The molecule has 0 saturated carbocycles. The van der Waals surface area contributed by atoms with Crippen molar-refractivity contribution in [1.82, 2.24) is 14.3 Å². The third-order valence-corrected chi connectivity index (χ3v) is 4.12. The first kappa shape index (κ1) is 14.6. The van der Waals surface area contributed by atoms with E-state index in [9.17, 15) is 9.59 Å². The highest BCUT2D eigenvalue weighted by molar-refractivity contribution is 7.09. The van der Waals surface area contributed by atoms with Gasteiger partial charge in [-0.2, -0.15) is 9.36 Å². The number of hydrogen-bond donors (Lipinski definition) is 1. The highest BCUT2D eigenvalue weighted by Crippen LogP contribution is 2.20. The van der Waals surface area contributed by atoms with Crippen molar-refractivity contribution in [2.24, 2.45) is 0 Å². The molecule has 0 spiro atoms. The lowest BCUT2D eigenvalue weighted by atomic mass is 10.2. The third kappa shape index (κ3) is 3.30. The number of imide groups is 1. The summed E-state index contributed by atoms with van der Waals surface area (Å²) < 4.78 is 4.32. The van der Waals surface area contributed by atoms with Gasteiger partial charge in [-0.15, -0.1) is 0 Å². The third-order valence-electron chi connectivity index (χ3n) is 3.45. The average molecular weight is 316 g/mol. The normalized spacial score (nSPS) is 14.6. The number of aromatic nitrogens is 2. The van der Waals surface area contributed by atoms with Crippen molar-refractivity contribution in [3.8, 4) is 11.4 Å². The monoisotopic (exact) mass is 316 g/mol. The predicted octanol–water partition coefficient (Wildman–Crippen LogP) is 2.16. The van der Waals surface area contributed by atoms with Gasteiger partial charge in [-0.05, 0) is 6.42 Å². The van der Waals surface area contributed by atoms with Crippen LogP contribution in [0.4, 0.5) is 5.13 Å². The molecule has 0 bridgehead atoms. The van der Waals surface area contributed by atoms with Gasteiger partial charge in [0.05, 0.1) is 0 Å². The number of benzene rings is 1. The topological polar surface area (TPSA) is 75.2 Å². The lowest BCUT2D eigenvalue weighted by Gasteiger charge is -2.13. The molecule has 22 heavy (non-hydrogen) atoms. The summed E-state index contributed by atoms with van der Waals surface area (Å²) in [7, 11) is 0. The Balaban J connectivity index is 1.47. The van der Waals surface area contributed by atoms with Crippen LogP contribution in [0.25, 0.3) is 11.4 Å². The summed E-state index contributed by atoms with van der Waals surface area (Å²) in [6.45, 7) is 1.12. The largest absolute Gasteiger partial charge is 0.360 e. The van der Waals surface area contributed by atoms with Gasteiger partial charge in [-0.25, -0.2) is 0 Å². The number of rotatable bonds is 6. The van der Waals surface area contributed by atoms with E-state index >= 15 is 0 Å². The van der Waals surface area contributed by atoms with Gasteiger partial charge in [0, 0.05) is 43.0 Å². The molecule has 1 saturated heterocycles. The van der Waals surface area contributed by atoms with E-state index in [4.69, 9.17) is 0 Å². The van der Waals surface area contributed by atoms with Gasteiger partial charge in [0.2, 0.25) is 16.9 Å². The van der Waals surface area contributed by atoms with Gasteiger partial charge in [0.15, 0.2) is 5.82 Å². The van der Waals surface area contributed by atoms with Crippen molar-refractivity contribution in [1.29, 1.82) is 0 Å². The maximum absolute atomic E-state index is 11.5. The zero-order valence-electron chi connectivity index (χ0n) is 12.0. The van der Waals surface area contributed by atoms with E-state index in [1.54, 1.807) is 0 Å². The minimum atomic E-state index is -0.0627. The molecule has 1 aliphatic heterocycles. The molecule has 2 amide bonds. The molecular formula is C15H16N4O2S. The zero-order valence-corrected chi connectivity index (χ0v) is 12.8. The lowest BCUT2D eigenvalue weighted by molar-refractivity contribution is -0.138. The Morgan fingerprint density at radius 2 is 1.86 bits per heavy atom. The van der Waals surface area contributed by atoms with Crippen LogP contribution in [0.5, 0.6) is 0 Å². The fourth-order valence-electron chi connectivity index (χ4n) is 2.30. The summed E-state index contributed by atoms with van der Waals surface area (Å²) in [5.41, 5.74) is 0.986. The van der Waals surface area contributed by atoms with Crippen LogP contribution in [0.1, 0.15) is 19.3 Å². The Labute approximate surface area is 132 Å². The molecule has 0 aliphatic carbocycles. The van der Waals surface area contributed by atoms with Crippen LogP contribution in [0, 0.1) is 0 Å². The van der Waals surface area contributed by atoms with Crippen molar-refractivity contribution in [2.45, 2.75) is 19.3 Å². The SMILES string of the molecule is O=C1CCC(=O)N1CCCNc1nc(-c2ccccc2)ns1. The van der Waals surface area contributed by atoms with Crippen molar-refractivity contribution in [2.75, 3.05) is 18.4 Å². The van der Waals surface area contributed by atoms with Crippen LogP contribution in [0.3, 0.4) is 0 Å². The summed E-state index contributed by atoms with van der Waals surface area (Å²) in [5.74, 6) is 0.581. The number of anilines is 1. The van der Waals surface area contributed by atoms with Crippen molar-refractivity contribution >= 4 is 28.5 Å². The van der Waals surface area contributed by atoms with E-state index in [0.29, 0.717) is 38.2 Å². The number of likely N-dealkylation sites (tertiary alicyclic amines) is 1. The van der Waals surface area contributed by atoms with Gasteiger partial charge in [0.1, 0.15) is 0 Å². The quantitative estimate of drug-likeness (QED) is 0.653. The predicted molar refractivity (Wildman–Crippen MR) is 84.4 cm³/mol. The second-order valence-electron chi connectivity index (χ2n) is 5.01. The van der Waals surface area contributed by atoms with E-state index in [1.807, 2.05) is 30.3 Å². The molecule has 6 nitrogen and oxygen atoms in total. The molecular weight excluding hydrogens is 300 g/mol. The fourth-order valence-corrected chi connectivity index (χ4v) is 2.92. The fraction of sp³-hybridized carbons (Fsp3) is 0.333. The molecule has 114 valence electrons. The molecule has 1 aromatic carbocycles. The highest BCUT2D eigenvalue weighted by atomic mass is 32.1. The van der Waals surface area contributed by atoms with Crippen LogP contribution in [0.15, 0.2) is 30.3 Å². The van der Waals surface area contributed by atoms with E-state index in [2.05, 4.69) is 14.7 Å². The first-order valence-corrected chi connectivity index (χ1v) is 7.97. The molecule has 1 aromatic heterocycles. The first-order valence-electron chi connectivity index (χ1n) is 7.20. The molecule has 2 heterocycles. The van der Waals surface area contributed by atoms with Crippen molar-refractivity contribution in [3.63, 3.8) is 0 Å². The van der Waals surface area contributed by atoms with Crippen LogP contribution >= 0.6 is 11.5 Å². The van der Waals surface area contributed by atoms with E-state index in [1.165, 1.54) is 16.4 Å². The zero-order chi connectivity index (χ0) is 15.4. The van der Waals surface area contributed by atoms with Gasteiger partial charge >= 0.3 is 0 Å². The summed E-state index contributed by atoms with van der Waals surface area (Å²) in [5, 5.41) is 3.93. The molecule has 1 N–H and O–H groups in total. The van der Waals surface area contributed by atoms with Gasteiger partial charge < -0.3 is 5.32 Å². The Hall–Kier alpha value is -2.28. The number of carbonyl (C=O) groups is 2. The smallest absolute Gasteiger partial charge is 0.229 e. The van der Waals surface area contributed by atoms with Crippen LogP contribution in [-0.2, 0) is 9.59 Å². The number of nitrogens with zero attached hydrogens (tertiary/aromatic N) is 3. The number of nitrogens with one attached hydrogen (secondary N) is 1. The standard InChI is InChI=1S/C15H16N4O2S/c20-12-7-8-13(21)19(12)10-4-9-16-15-17-14(18-22-15)11-5-2-1-3-6-11/h1-3,5-6H,4,7-10H2,(H,16,17,18). The molecule has 2 aromatic rings. The summed E-state index contributed by atoms with van der Waals surface area (Å²) >= 11 is 1.31. The summed E-state index contributed by atoms with van der Waals surface area (Å²) in [6, 6.07) is 9.80. The summed E-state index contributed by atoms with van der Waals surface area (Å²) in [6.07, 6.45) is 1.41. The Morgan fingerprint density at radius 3 is 2.59 bits per heavy atom. The minimum Gasteiger partial charge on any atom is -0.360 e. The Morgan fingerprint density at radius 1 is 1.14 bits per heavy atom. The van der Waals surface area contributed by atoms with E-state index in [0.717, 1.165) is 10.7 Å². The van der Waals surface area contributed by atoms with Crippen LogP contribution in [-0.4, -0.2) is 39.2 Å². The van der Waals surface area contributed by atoms with E-state index in [-0.39, 0.29) is 11.8 Å². The Kier molecular flexibility index (Phi) is 4.43. The second kappa shape index (κ2) is 6.65. The number of carbonyl (C=O) groups excluding carboxylic acids is 2. The average Bonchev–Trinajstić information content (AvgIpc) is 3.13. The number of hydrogen-bond acceptors (Lipinski definition) is 6. The highest BCUT2D eigenvalue weighted by Gasteiger charge is 2.27. The van der Waals surface area contributed by atoms with Crippen LogP contribution < -0.4 is 5.32 Å². The maximum atomic E-state index is 11.5. The van der Waals surface area contributed by atoms with Gasteiger partial charge in [-0.3, -0.25) is 14.5 Å². The molecule has 3 rings (SSSR count). The minimum absolute atomic E-state index is 0.0627. The lowest BCUT2D eigenvalue weighted by Crippen LogP contribution is -2.31. The molecule has 1 fully saturated rings. The van der Waals surface area contributed by atoms with E-state index < -0.39 is 0 Å². The molecule has 0 unspecified atom stereocenters. The summed E-state index contributed by atoms with van der Waals surface area (Å²) in [4.78, 5) is 28.7. The second-order valence-corrected chi connectivity index (χ2v) is 5.76. The van der Waals surface area contributed by atoms with Gasteiger partial charge in [0.25, 0.3) is 0 Å². The van der Waals surface area contributed by atoms with Crippen LogP contribution in [0.2, 0.25) is 0 Å². The maximum Gasteiger partial charge on any atom is 0.229 e. The first-order chi connectivity index (χ1) is 10.7. The van der Waals surface area contributed by atoms with Crippen molar-refractivity contribution < 1.29 is 9.59 Å².